The Labute approximate surface area is 112 Å². The van der Waals surface area contributed by atoms with Gasteiger partial charge >= 0.3 is 0 Å². The van der Waals surface area contributed by atoms with E-state index in [-0.39, 0.29) is 12.0 Å². The van der Waals surface area contributed by atoms with Gasteiger partial charge in [-0.15, -0.1) is 0 Å². The molecular weight excluding hydrogens is 242 g/mol. The third-order valence-electron chi connectivity index (χ3n) is 2.94. The van der Waals surface area contributed by atoms with Gasteiger partial charge in [0.15, 0.2) is 0 Å². The lowest BCUT2D eigenvalue weighted by Crippen LogP contribution is -2.40. The summed E-state index contributed by atoms with van der Waals surface area (Å²) >= 11 is 0. The number of nitrogens with one attached hydrogen (secondary N) is 2. The molecular formula is C14H17N3O2. The van der Waals surface area contributed by atoms with E-state index in [4.69, 9.17) is 10.00 Å². The summed E-state index contributed by atoms with van der Waals surface area (Å²) in [4.78, 5) is 11.8. The van der Waals surface area contributed by atoms with Gasteiger partial charge in [-0.05, 0) is 17.7 Å². The standard InChI is InChI=1S/C14H17N3O2/c15-6-5-11-1-3-12(4-2-11)17-14(18)9-13-10-16-7-8-19-13/h1-4,13,16H,5,7-10H2,(H,17,18). The number of amides is 1. The molecule has 1 atom stereocenters. The molecule has 0 aromatic heterocycles. The van der Waals surface area contributed by atoms with Crippen molar-refractivity contribution < 1.29 is 9.53 Å². The van der Waals surface area contributed by atoms with Crippen LogP contribution in [0.15, 0.2) is 24.3 Å². The molecule has 0 bridgehead atoms. The summed E-state index contributed by atoms with van der Waals surface area (Å²) in [5, 5.41) is 14.6. The average Bonchev–Trinajstić information content (AvgIpc) is 2.42. The fraction of sp³-hybridized carbons (Fsp3) is 0.429. The van der Waals surface area contributed by atoms with Crippen molar-refractivity contribution >= 4 is 11.6 Å². The zero-order chi connectivity index (χ0) is 13.5. The van der Waals surface area contributed by atoms with Crippen molar-refractivity contribution in [3.8, 4) is 6.07 Å². The molecule has 1 unspecified atom stereocenters. The molecule has 0 saturated carbocycles. The minimum atomic E-state index is -0.0540. The first kappa shape index (κ1) is 13.5. The van der Waals surface area contributed by atoms with Crippen molar-refractivity contribution in [1.82, 2.24) is 5.32 Å². The van der Waals surface area contributed by atoms with E-state index in [1.165, 1.54) is 0 Å². The number of nitriles is 1. The summed E-state index contributed by atoms with van der Waals surface area (Å²) in [5.41, 5.74) is 1.69. The Hall–Kier alpha value is -1.90. The molecule has 2 N–H and O–H groups in total. The van der Waals surface area contributed by atoms with Crippen LogP contribution in [0.5, 0.6) is 0 Å². The third kappa shape index (κ3) is 4.36. The Bertz CT molecular complexity index is 459. The molecule has 1 heterocycles. The second-order valence-corrected chi connectivity index (χ2v) is 4.48. The molecule has 0 spiro atoms. The van der Waals surface area contributed by atoms with Crippen LogP contribution < -0.4 is 10.6 Å². The summed E-state index contributed by atoms with van der Waals surface area (Å²) in [6, 6.07) is 9.40. The quantitative estimate of drug-likeness (QED) is 0.848. The van der Waals surface area contributed by atoms with Gasteiger partial charge in [0.2, 0.25) is 5.91 Å². The first-order valence-electron chi connectivity index (χ1n) is 6.36. The number of benzene rings is 1. The molecule has 1 aromatic carbocycles. The Morgan fingerprint density at radius 2 is 2.26 bits per heavy atom. The SMILES string of the molecule is N#CCc1ccc(NC(=O)CC2CNCCO2)cc1. The van der Waals surface area contributed by atoms with Crippen LogP contribution in [-0.4, -0.2) is 31.7 Å². The van der Waals surface area contributed by atoms with Gasteiger partial charge in [-0.1, -0.05) is 12.1 Å². The van der Waals surface area contributed by atoms with Crippen molar-refractivity contribution in [3.05, 3.63) is 29.8 Å². The smallest absolute Gasteiger partial charge is 0.227 e. The predicted octanol–water partition coefficient (Wildman–Crippen LogP) is 1.07. The van der Waals surface area contributed by atoms with E-state index in [1.807, 2.05) is 24.3 Å². The number of rotatable bonds is 4. The molecule has 1 aromatic rings. The first-order chi connectivity index (χ1) is 9.28. The van der Waals surface area contributed by atoms with Gasteiger partial charge in [-0.2, -0.15) is 5.26 Å². The van der Waals surface area contributed by atoms with E-state index >= 15 is 0 Å². The lowest BCUT2D eigenvalue weighted by atomic mass is 10.1. The van der Waals surface area contributed by atoms with Crippen molar-refractivity contribution in [3.63, 3.8) is 0 Å². The Morgan fingerprint density at radius 1 is 1.47 bits per heavy atom. The van der Waals surface area contributed by atoms with E-state index in [0.717, 1.165) is 17.8 Å². The lowest BCUT2D eigenvalue weighted by Gasteiger charge is -2.23. The van der Waals surface area contributed by atoms with Crippen molar-refractivity contribution in [1.29, 1.82) is 5.26 Å². The zero-order valence-corrected chi connectivity index (χ0v) is 10.7. The van der Waals surface area contributed by atoms with Crippen LogP contribution in [0.3, 0.4) is 0 Å². The highest BCUT2D eigenvalue weighted by Crippen LogP contribution is 2.11. The number of nitrogens with zero attached hydrogens (tertiary/aromatic N) is 1. The minimum Gasteiger partial charge on any atom is -0.375 e. The maximum Gasteiger partial charge on any atom is 0.227 e. The van der Waals surface area contributed by atoms with Crippen LogP contribution in [-0.2, 0) is 16.0 Å². The molecule has 1 amide bonds. The maximum atomic E-state index is 11.8. The Balaban J connectivity index is 1.82. The largest absolute Gasteiger partial charge is 0.375 e. The minimum absolute atomic E-state index is 0.0494. The second-order valence-electron chi connectivity index (χ2n) is 4.48. The number of hydrogen-bond donors (Lipinski definition) is 2. The fourth-order valence-corrected chi connectivity index (χ4v) is 1.97. The number of hydrogen-bond acceptors (Lipinski definition) is 4. The van der Waals surface area contributed by atoms with Crippen LogP contribution in [0.2, 0.25) is 0 Å². The number of carbonyl (C=O) groups is 1. The van der Waals surface area contributed by atoms with Gasteiger partial charge in [-0.25, -0.2) is 0 Å². The second kappa shape index (κ2) is 6.88. The number of anilines is 1. The van der Waals surface area contributed by atoms with Gasteiger partial charge in [0.25, 0.3) is 0 Å². The summed E-state index contributed by atoms with van der Waals surface area (Å²) < 4.78 is 5.48. The summed E-state index contributed by atoms with van der Waals surface area (Å²) in [7, 11) is 0. The van der Waals surface area contributed by atoms with E-state index in [0.29, 0.717) is 26.0 Å². The van der Waals surface area contributed by atoms with E-state index < -0.39 is 0 Å². The fourth-order valence-electron chi connectivity index (χ4n) is 1.97. The lowest BCUT2D eigenvalue weighted by molar-refractivity contribution is -0.119. The summed E-state index contributed by atoms with van der Waals surface area (Å²) in [6.07, 6.45) is 0.689. The van der Waals surface area contributed by atoms with Crippen molar-refractivity contribution in [2.75, 3.05) is 25.0 Å². The molecule has 5 heteroatoms. The first-order valence-corrected chi connectivity index (χ1v) is 6.36. The highest BCUT2D eigenvalue weighted by Gasteiger charge is 2.17. The Kier molecular flexibility index (Phi) is 4.90. The van der Waals surface area contributed by atoms with Crippen LogP contribution in [0.25, 0.3) is 0 Å². The molecule has 1 saturated heterocycles. The van der Waals surface area contributed by atoms with Gasteiger partial charge in [0, 0.05) is 18.8 Å². The van der Waals surface area contributed by atoms with E-state index in [2.05, 4.69) is 16.7 Å². The molecule has 100 valence electrons. The zero-order valence-electron chi connectivity index (χ0n) is 10.7. The molecule has 1 aliphatic rings. The maximum absolute atomic E-state index is 11.8. The average molecular weight is 259 g/mol. The van der Waals surface area contributed by atoms with Crippen LogP contribution in [0.4, 0.5) is 5.69 Å². The van der Waals surface area contributed by atoms with Crippen LogP contribution >= 0.6 is 0 Å². The van der Waals surface area contributed by atoms with E-state index in [9.17, 15) is 4.79 Å². The van der Waals surface area contributed by atoms with Crippen molar-refractivity contribution in [2.45, 2.75) is 18.9 Å². The summed E-state index contributed by atoms with van der Waals surface area (Å²) in [6.45, 7) is 2.22. The molecule has 1 aliphatic heterocycles. The highest BCUT2D eigenvalue weighted by atomic mass is 16.5. The molecule has 19 heavy (non-hydrogen) atoms. The normalized spacial score (nSPS) is 18.6. The molecule has 1 fully saturated rings. The molecule has 5 nitrogen and oxygen atoms in total. The third-order valence-corrected chi connectivity index (χ3v) is 2.94. The van der Waals surface area contributed by atoms with Crippen molar-refractivity contribution in [2.24, 2.45) is 0 Å². The highest BCUT2D eigenvalue weighted by molar-refractivity contribution is 5.91. The number of ether oxygens (including phenoxy) is 1. The van der Waals surface area contributed by atoms with Gasteiger partial charge in [0.05, 0.1) is 31.6 Å². The van der Waals surface area contributed by atoms with E-state index in [1.54, 1.807) is 0 Å². The van der Waals surface area contributed by atoms with Gasteiger partial charge in [0.1, 0.15) is 0 Å². The number of morpholine rings is 1. The monoisotopic (exact) mass is 259 g/mol. The van der Waals surface area contributed by atoms with Gasteiger partial charge in [-0.3, -0.25) is 4.79 Å². The molecule has 2 rings (SSSR count). The topological polar surface area (TPSA) is 74.2 Å². The van der Waals surface area contributed by atoms with Crippen LogP contribution in [0.1, 0.15) is 12.0 Å². The Morgan fingerprint density at radius 3 is 2.89 bits per heavy atom. The van der Waals surface area contributed by atoms with Gasteiger partial charge < -0.3 is 15.4 Å². The molecule has 0 aliphatic carbocycles. The predicted molar refractivity (Wildman–Crippen MR) is 71.6 cm³/mol. The summed E-state index contributed by atoms with van der Waals surface area (Å²) in [5.74, 6) is -0.0540. The van der Waals surface area contributed by atoms with Crippen LogP contribution in [0, 0.1) is 11.3 Å². The number of carbonyl (C=O) groups excluding carboxylic acids is 1. The molecule has 0 radical (unpaired) electrons.